The normalized spacial score (nSPS) is 10.1. The number of methoxy groups -OCH3 is 1. The molecule has 1 aromatic heterocycles. The Morgan fingerprint density at radius 2 is 2.14 bits per heavy atom. The van der Waals surface area contributed by atoms with Crippen molar-refractivity contribution < 1.29 is 14.3 Å². The highest BCUT2D eigenvalue weighted by Gasteiger charge is 2.10. The maximum Gasteiger partial charge on any atom is 0.337 e. The van der Waals surface area contributed by atoms with Gasteiger partial charge in [-0.25, -0.2) is 9.78 Å². The molecule has 1 N–H and O–H groups in total. The number of carbonyl (C=O) groups excluding carboxylic acids is 2. The molecule has 1 heterocycles. The van der Waals surface area contributed by atoms with E-state index in [1.54, 1.807) is 30.7 Å². The number of esters is 1. The number of benzene rings is 1. The van der Waals surface area contributed by atoms with E-state index in [0.717, 1.165) is 13.0 Å². The summed E-state index contributed by atoms with van der Waals surface area (Å²) in [5, 5.41) is 2.82. The standard InChI is InChI=1S/C15H17N3O3/c1-21-15(20)13-5-2-4-12(10-13)14(19)17-6-3-8-18-9-7-16-11-18/h2,4-5,7,9-11H,3,6,8H2,1H3,(H,17,19). The summed E-state index contributed by atoms with van der Waals surface area (Å²) in [5.41, 5.74) is 0.809. The summed E-state index contributed by atoms with van der Waals surface area (Å²) >= 11 is 0. The third-order valence-electron chi connectivity index (χ3n) is 2.98. The predicted molar refractivity (Wildman–Crippen MR) is 77.0 cm³/mol. The first-order valence-corrected chi connectivity index (χ1v) is 6.63. The van der Waals surface area contributed by atoms with Gasteiger partial charge in [0.1, 0.15) is 0 Å². The first kappa shape index (κ1) is 14.8. The van der Waals surface area contributed by atoms with E-state index in [-0.39, 0.29) is 5.91 Å². The number of hydrogen-bond acceptors (Lipinski definition) is 4. The van der Waals surface area contributed by atoms with Crippen molar-refractivity contribution in [1.29, 1.82) is 0 Å². The Labute approximate surface area is 122 Å². The molecule has 0 atom stereocenters. The molecule has 0 saturated carbocycles. The molecular weight excluding hydrogens is 270 g/mol. The molecule has 0 radical (unpaired) electrons. The van der Waals surface area contributed by atoms with Gasteiger partial charge in [0.05, 0.1) is 19.0 Å². The van der Waals surface area contributed by atoms with Crippen LogP contribution in [0.1, 0.15) is 27.1 Å². The summed E-state index contributed by atoms with van der Waals surface area (Å²) in [7, 11) is 1.31. The van der Waals surface area contributed by atoms with Crippen molar-refractivity contribution >= 4 is 11.9 Å². The fourth-order valence-corrected chi connectivity index (χ4v) is 1.89. The van der Waals surface area contributed by atoms with Crippen LogP contribution in [0.5, 0.6) is 0 Å². The van der Waals surface area contributed by atoms with E-state index in [1.165, 1.54) is 13.2 Å². The highest BCUT2D eigenvalue weighted by atomic mass is 16.5. The number of nitrogens with one attached hydrogen (secondary N) is 1. The minimum atomic E-state index is -0.454. The molecule has 2 aromatic rings. The van der Waals surface area contributed by atoms with Crippen molar-refractivity contribution in [3.63, 3.8) is 0 Å². The van der Waals surface area contributed by atoms with Crippen molar-refractivity contribution in [3.05, 3.63) is 54.1 Å². The van der Waals surface area contributed by atoms with E-state index < -0.39 is 5.97 Å². The molecule has 0 fully saturated rings. The van der Waals surface area contributed by atoms with Crippen LogP contribution < -0.4 is 5.32 Å². The Morgan fingerprint density at radius 3 is 2.86 bits per heavy atom. The van der Waals surface area contributed by atoms with Gasteiger partial charge < -0.3 is 14.6 Å². The molecule has 0 aliphatic carbocycles. The zero-order chi connectivity index (χ0) is 15.1. The molecule has 0 bridgehead atoms. The van der Waals surface area contributed by atoms with Gasteiger partial charge in [0.2, 0.25) is 0 Å². The lowest BCUT2D eigenvalue weighted by Crippen LogP contribution is -2.25. The Balaban J connectivity index is 1.84. The van der Waals surface area contributed by atoms with E-state index >= 15 is 0 Å². The molecule has 110 valence electrons. The van der Waals surface area contributed by atoms with Gasteiger partial charge in [-0.3, -0.25) is 4.79 Å². The number of amides is 1. The molecule has 6 nitrogen and oxygen atoms in total. The number of imidazole rings is 1. The smallest absolute Gasteiger partial charge is 0.337 e. The van der Waals surface area contributed by atoms with Gasteiger partial charge in [-0.05, 0) is 24.6 Å². The Kier molecular flexibility index (Phi) is 5.09. The van der Waals surface area contributed by atoms with Crippen molar-refractivity contribution in [2.75, 3.05) is 13.7 Å². The maximum atomic E-state index is 12.0. The lowest BCUT2D eigenvalue weighted by atomic mass is 10.1. The number of hydrogen-bond donors (Lipinski definition) is 1. The molecule has 0 unspecified atom stereocenters. The van der Waals surface area contributed by atoms with E-state index in [2.05, 4.69) is 15.0 Å². The number of nitrogens with zero attached hydrogens (tertiary/aromatic N) is 2. The zero-order valence-corrected chi connectivity index (χ0v) is 11.8. The molecule has 0 aliphatic rings. The van der Waals surface area contributed by atoms with Gasteiger partial charge in [0.15, 0.2) is 0 Å². The van der Waals surface area contributed by atoms with E-state index in [9.17, 15) is 9.59 Å². The van der Waals surface area contributed by atoms with Crippen molar-refractivity contribution in [1.82, 2.24) is 14.9 Å². The van der Waals surface area contributed by atoms with Crippen LogP contribution in [0.15, 0.2) is 43.0 Å². The Hall–Kier alpha value is -2.63. The van der Waals surface area contributed by atoms with Gasteiger partial charge in [0.25, 0.3) is 5.91 Å². The fourth-order valence-electron chi connectivity index (χ4n) is 1.89. The van der Waals surface area contributed by atoms with E-state index in [1.807, 2.05) is 10.8 Å². The largest absolute Gasteiger partial charge is 0.465 e. The van der Waals surface area contributed by atoms with Crippen LogP contribution in [0.2, 0.25) is 0 Å². The van der Waals surface area contributed by atoms with Crippen LogP contribution in [-0.2, 0) is 11.3 Å². The summed E-state index contributed by atoms with van der Waals surface area (Å²) in [5.74, 6) is -0.656. The maximum absolute atomic E-state index is 12.0. The molecule has 0 saturated heterocycles. The predicted octanol–water partition coefficient (Wildman–Crippen LogP) is 1.49. The lowest BCUT2D eigenvalue weighted by Gasteiger charge is -2.07. The molecular formula is C15H17N3O3. The Bertz CT molecular complexity index is 608. The molecule has 1 amide bonds. The second kappa shape index (κ2) is 7.23. The molecule has 1 aromatic carbocycles. The summed E-state index contributed by atoms with van der Waals surface area (Å²) in [6.45, 7) is 1.35. The third-order valence-corrected chi connectivity index (χ3v) is 2.98. The minimum Gasteiger partial charge on any atom is -0.465 e. The summed E-state index contributed by atoms with van der Waals surface area (Å²) in [6, 6.07) is 6.46. The molecule has 2 rings (SSSR count). The quantitative estimate of drug-likeness (QED) is 0.645. The van der Waals surface area contributed by atoms with Gasteiger partial charge in [-0.2, -0.15) is 0 Å². The van der Waals surface area contributed by atoms with E-state index in [0.29, 0.717) is 17.7 Å². The molecule has 21 heavy (non-hydrogen) atoms. The average molecular weight is 287 g/mol. The number of aromatic nitrogens is 2. The van der Waals surface area contributed by atoms with Crippen LogP contribution in [0.25, 0.3) is 0 Å². The highest BCUT2D eigenvalue weighted by Crippen LogP contribution is 2.06. The van der Waals surface area contributed by atoms with Crippen LogP contribution in [0, 0.1) is 0 Å². The first-order chi connectivity index (χ1) is 10.2. The number of aryl methyl sites for hydroxylation is 1. The first-order valence-electron chi connectivity index (χ1n) is 6.63. The molecule has 6 heteroatoms. The monoisotopic (exact) mass is 287 g/mol. The summed E-state index contributed by atoms with van der Waals surface area (Å²) in [4.78, 5) is 27.4. The van der Waals surface area contributed by atoms with Crippen LogP contribution in [0.4, 0.5) is 0 Å². The number of carbonyl (C=O) groups is 2. The average Bonchev–Trinajstić information content (AvgIpc) is 3.04. The summed E-state index contributed by atoms with van der Waals surface area (Å²) < 4.78 is 6.58. The van der Waals surface area contributed by atoms with Crippen molar-refractivity contribution in [2.24, 2.45) is 0 Å². The second-order valence-corrected chi connectivity index (χ2v) is 4.48. The van der Waals surface area contributed by atoms with Crippen LogP contribution >= 0.6 is 0 Å². The topological polar surface area (TPSA) is 73.2 Å². The minimum absolute atomic E-state index is 0.202. The number of rotatable bonds is 6. The zero-order valence-electron chi connectivity index (χ0n) is 11.8. The van der Waals surface area contributed by atoms with Crippen LogP contribution in [-0.4, -0.2) is 35.1 Å². The van der Waals surface area contributed by atoms with Gasteiger partial charge >= 0.3 is 5.97 Å². The second-order valence-electron chi connectivity index (χ2n) is 4.48. The summed E-state index contributed by atoms with van der Waals surface area (Å²) in [6.07, 6.45) is 6.14. The SMILES string of the molecule is COC(=O)c1cccc(C(=O)NCCCn2ccnc2)c1. The number of ether oxygens (including phenoxy) is 1. The molecule has 0 spiro atoms. The fraction of sp³-hybridized carbons (Fsp3) is 0.267. The molecule has 0 aliphatic heterocycles. The third kappa shape index (κ3) is 4.17. The highest BCUT2D eigenvalue weighted by molar-refractivity contribution is 5.97. The Morgan fingerprint density at radius 1 is 1.33 bits per heavy atom. The van der Waals surface area contributed by atoms with E-state index in [4.69, 9.17) is 0 Å². The van der Waals surface area contributed by atoms with Crippen LogP contribution in [0.3, 0.4) is 0 Å². The van der Waals surface area contributed by atoms with Gasteiger partial charge in [-0.1, -0.05) is 6.07 Å². The van der Waals surface area contributed by atoms with Gasteiger partial charge in [-0.15, -0.1) is 0 Å². The van der Waals surface area contributed by atoms with Crippen molar-refractivity contribution in [3.8, 4) is 0 Å². The van der Waals surface area contributed by atoms with Crippen molar-refractivity contribution in [2.45, 2.75) is 13.0 Å². The van der Waals surface area contributed by atoms with Gasteiger partial charge in [0, 0.05) is 31.0 Å². The lowest BCUT2D eigenvalue weighted by molar-refractivity contribution is 0.0600.